The van der Waals surface area contributed by atoms with Gasteiger partial charge in [0.15, 0.2) is 7.60 Å². The third-order valence-electron chi connectivity index (χ3n) is 5.08. The Kier molecular flexibility index (Phi) is 40.3. The molecule has 0 aliphatic carbocycles. The summed E-state index contributed by atoms with van der Waals surface area (Å²) < 4.78 is 26.3. The zero-order valence-electron chi connectivity index (χ0n) is 21.1. The third-order valence-corrected chi connectivity index (χ3v) is 8.46. The Labute approximate surface area is 324 Å². The second-order valence-corrected chi connectivity index (χ2v) is 11.7. The summed E-state index contributed by atoms with van der Waals surface area (Å²) in [6.45, 7) is 2.03. The van der Waals surface area contributed by atoms with Crippen molar-refractivity contribution < 1.29 is 188 Å². The molecule has 176 valence electrons. The summed E-state index contributed by atoms with van der Waals surface area (Å²) in [4.78, 5) is 32.4. The first-order valence-corrected chi connectivity index (χ1v) is 14.6. The molecule has 0 bridgehead atoms. The number of rotatable bonds is 21. The molecule has 32 heavy (non-hydrogen) atoms. The predicted molar refractivity (Wildman–Crippen MR) is 111 cm³/mol. The minimum atomic E-state index is -5.62. The second kappa shape index (κ2) is 29.2. The van der Waals surface area contributed by atoms with Crippen molar-refractivity contribution in [2.45, 2.75) is 122 Å². The molecule has 0 amide bonds. The second-order valence-electron chi connectivity index (χ2n) is 7.92. The Morgan fingerprint density at radius 3 is 1.19 bits per heavy atom. The van der Waals surface area contributed by atoms with Crippen molar-refractivity contribution in [3.8, 4) is 0 Å². The first-order chi connectivity index (χ1) is 13.7. The van der Waals surface area contributed by atoms with Gasteiger partial charge in [-0.2, -0.15) is 0 Å². The average Bonchev–Trinajstić information content (AvgIpc) is 2.65. The van der Waals surface area contributed by atoms with Gasteiger partial charge in [-0.05, 0) is 14.0 Å². The van der Waals surface area contributed by atoms with Crippen LogP contribution in [0, 0.1) is 0 Å². The molecule has 0 spiro atoms. The number of hydrogen-bond acceptors (Lipinski definition) is 7. The molecule has 7 nitrogen and oxygen atoms in total. The molecule has 1 N–H and O–H groups in total. The molecule has 0 aliphatic heterocycles. The van der Waals surface area contributed by atoms with Gasteiger partial charge >= 0.3 is 154 Å². The largest absolute Gasteiger partial charge is 1.00 e. The van der Waals surface area contributed by atoms with Crippen LogP contribution in [-0.4, -0.2) is 17.3 Å². The molecule has 0 aromatic carbocycles. The number of unbranched alkanes of at least 4 members (excludes halogenated alkanes) is 16. The Morgan fingerprint density at radius 2 is 0.906 bits per heavy atom. The van der Waals surface area contributed by atoms with E-state index in [1.807, 2.05) is 0 Å². The summed E-state index contributed by atoms with van der Waals surface area (Å²) in [6, 6.07) is 0. The molecule has 2 unspecified atom stereocenters. The van der Waals surface area contributed by atoms with Gasteiger partial charge in [-0.1, -0.05) is 110 Å². The Balaban J connectivity index is -0.00000131. The van der Waals surface area contributed by atoms with E-state index in [0.29, 0.717) is 6.42 Å². The molecule has 0 aromatic rings. The Hall–Kier alpha value is 5.17. The van der Waals surface area contributed by atoms with Gasteiger partial charge in [0.2, 0.25) is 0 Å². The van der Waals surface area contributed by atoms with Gasteiger partial charge in [0.05, 0.1) is 6.61 Å². The maximum atomic E-state index is 11.3. The zero-order chi connectivity index (χ0) is 22.0. The van der Waals surface area contributed by atoms with E-state index in [1.165, 1.54) is 77.0 Å². The van der Waals surface area contributed by atoms with E-state index in [-0.39, 0.29) is 161 Å². The third kappa shape index (κ3) is 28.2. The molecule has 12 heteroatoms. The monoisotopic (exact) mass is 572 g/mol. The molecule has 0 saturated heterocycles. The van der Waals surface area contributed by atoms with Crippen LogP contribution in [0.1, 0.15) is 116 Å². The van der Waals surface area contributed by atoms with Crippen LogP contribution in [0.3, 0.4) is 0 Å². The van der Waals surface area contributed by atoms with E-state index in [0.717, 1.165) is 25.7 Å². The molecule has 0 fully saturated rings. The summed E-state index contributed by atoms with van der Waals surface area (Å²) >= 11 is 0. The van der Waals surface area contributed by atoms with Crippen molar-refractivity contribution in [2.24, 2.45) is 0 Å². The van der Waals surface area contributed by atoms with Gasteiger partial charge in [0.25, 0.3) is 0 Å². The summed E-state index contributed by atoms with van der Waals surface area (Å²) in [7, 11) is -10.7. The Bertz CT molecular complexity index is 482. The van der Waals surface area contributed by atoms with Crippen molar-refractivity contribution >= 4 is 15.2 Å². The van der Waals surface area contributed by atoms with Gasteiger partial charge < -0.3 is 33.4 Å². The minimum absolute atomic E-state index is 0. The van der Waals surface area contributed by atoms with Crippen LogP contribution in [0.2, 0.25) is 0 Å². The van der Waals surface area contributed by atoms with Crippen LogP contribution in [0.5, 0.6) is 0 Å². The molecule has 2 atom stereocenters. The van der Waals surface area contributed by atoms with Crippen LogP contribution < -0.4 is 169 Å². The maximum Gasteiger partial charge on any atom is 1.00 e. The predicted octanol–water partition coefficient (Wildman–Crippen LogP) is -4.59. The zero-order valence-corrected chi connectivity index (χ0v) is 32.3. The van der Waals surface area contributed by atoms with Gasteiger partial charge in [0, 0.05) is 0 Å². The first-order valence-electron chi connectivity index (χ1n) is 11.4. The fourth-order valence-electron chi connectivity index (χ4n) is 3.26. The molecule has 0 saturated carbocycles. The van der Waals surface area contributed by atoms with Crippen LogP contribution in [0.25, 0.3) is 0 Å². The van der Waals surface area contributed by atoms with Crippen molar-refractivity contribution in [3.05, 3.63) is 0 Å². The molecule has 0 heterocycles. The standard InChI is InChI=1S/C20H44O7P2.3K/c1-2-3-4-5-6-7-8-9-10-11-12-13-14-15-16-17-18-19-27-29(25,26)20(21)28(22,23)24;;;/h20-21H,2-19H2,1H3,(H,25,26)(H2,22,23,24);;;/q;3*+1/p-3. The topological polar surface area (TPSA) is 133 Å². The summed E-state index contributed by atoms with van der Waals surface area (Å²) in [5.41, 5.74) is -3.00. The van der Waals surface area contributed by atoms with Gasteiger partial charge in [-0.15, -0.1) is 0 Å². The maximum absolute atomic E-state index is 11.3. The fraction of sp³-hybridized carbons (Fsp3) is 1.00. The summed E-state index contributed by atoms with van der Waals surface area (Å²) in [6.07, 6.45) is 20.4. The number of aliphatic hydroxyl groups excluding tert-OH is 1. The summed E-state index contributed by atoms with van der Waals surface area (Å²) in [5.74, 6) is 0. The SMILES string of the molecule is CCCCCCCCCCCCCCCCCCCOP(=O)([O-])C(O)P(=O)([O-])[O-].[K+].[K+].[K+]. The van der Waals surface area contributed by atoms with Crippen molar-refractivity contribution in [1.82, 2.24) is 0 Å². The minimum Gasteiger partial charge on any atom is -0.809 e. The van der Waals surface area contributed by atoms with Crippen LogP contribution in [0.4, 0.5) is 0 Å². The van der Waals surface area contributed by atoms with Crippen molar-refractivity contribution in [1.29, 1.82) is 0 Å². The van der Waals surface area contributed by atoms with E-state index < -0.39 is 20.8 Å². The van der Waals surface area contributed by atoms with Crippen LogP contribution in [0.15, 0.2) is 0 Å². The number of hydrogen-bond donors (Lipinski definition) is 1. The van der Waals surface area contributed by atoms with Gasteiger partial charge in [-0.25, -0.2) is 0 Å². The van der Waals surface area contributed by atoms with E-state index >= 15 is 0 Å². The van der Waals surface area contributed by atoms with E-state index in [4.69, 9.17) is 5.11 Å². The molecule has 0 radical (unpaired) electrons. The van der Waals surface area contributed by atoms with Crippen molar-refractivity contribution in [3.63, 3.8) is 0 Å². The fourth-order valence-corrected chi connectivity index (χ4v) is 5.36. The van der Waals surface area contributed by atoms with E-state index in [2.05, 4.69) is 11.4 Å². The van der Waals surface area contributed by atoms with Crippen LogP contribution >= 0.6 is 15.2 Å². The molecular formula is C20H41K3O7P2. The van der Waals surface area contributed by atoms with Gasteiger partial charge in [0.1, 0.15) is 5.59 Å². The Morgan fingerprint density at radius 1 is 0.625 bits per heavy atom. The smallest absolute Gasteiger partial charge is 0.809 e. The molecular weight excluding hydrogens is 531 g/mol. The average molecular weight is 573 g/mol. The van der Waals surface area contributed by atoms with Gasteiger partial charge in [-0.3, -0.25) is 0 Å². The number of aliphatic hydroxyl groups is 1. The summed E-state index contributed by atoms with van der Waals surface area (Å²) in [5, 5.41) is 8.97. The quantitative estimate of drug-likeness (QED) is 0.0832. The first kappa shape index (κ1) is 44.2. The van der Waals surface area contributed by atoms with E-state index in [1.54, 1.807) is 0 Å². The normalized spacial score (nSPS) is 13.9. The molecule has 0 aliphatic rings. The van der Waals surface area contributed by atoms with E-state index in [9.17, 15) is 23.8 Å². The van der Waals surface area contributed by atoms with Crippen molar-refractivity contribution in [2.75, 3.05) is 6.61 Å². The molecule has 0 rings (SSSR count). The van der Waals surface area contributed by atoms with Crippen LogP contribution in [-0.2, 0) is 13.7 Å². The molecule has 0 aromatic heterocycles.